The first-order valence-electron chi connectivity index (χ1n) is 10.8. The maximum Gasteiger partial charge on any atom is 0.262 e. The van der Waals surface area contributed by atoms with Gasteiger partial charge in [-0.3, -0.25) is 4.79 Å². The van der Waals surface area contributed by atoms with E-state index in [1.807, 2.05) is 24.3 Å². The minimum atomic E-state index is -3.72. The van der Waals surface area contributed by atoms with E-state index in [1.165, 1.54) is 22.1 Å². The Morgan fingerprint density at radius 3 is 2.55 bits per heavy atom. The number of thiophene rings is 1. The predicted octanol–water partition coefficient (Wildman–Crippen LogP) is 3.33. The number of anilines is 1. The van der Waals surface area contributed by atoms with Crippen LogP contribution in [0.2, 0.25) is 0 Å². The number of methoxy groups -OCH3 is 1. The molecule has 0 unspecified atom stereocenters. The van der Waals surface area contributed by atoms with Crippen molar-refractivity contribution >= 4 is 33.0 Å². The van der Waals surface area contributed by atoms with Crippen LogP contribution < -0.4 is 15.0 Å². The molecular weight excluding hydrogens is 434 g/mol. The van der Waals surface area contributed by atoms with Crippen LogP contribution in [0.1, 0.15) is 41.8 Å². The number of carbonyl (C=O) groups is 1. The third-order valence-electron chi connectivity index (χ3n) is 6.05. The average Bonchev–Trinajstić information content (AvgIpc) is 3.31. The van der Waals surface area contributed by atoms with E-state index in [2.05, 4.69) is 10.2 Å². The normalized spacial score (nSPS) is 18.7. The zero-order valence-corrected chi connectivity index (χ0v) is 19.4. The van der Waals surface area contributed by atoms with Crippen molar-refractivity contribution < 1.29 is 17.9 Å². The van der Waals surface area contributed by atoms with Crippen molar-refractivity contribution in [3.8, 4) is 5.75 Å². The second-order valence-electron chi connectivity index (χ2n) is 8.01. The number of hydrogen-bond donors (Lipinski definition) is 1. The summed E-state index contributed by atoms with van der Waals surface area (Å²) in [5, 5.41) is 4.73. The summed E-state index contributed by atoms with van der Waals surface area (Å²) in [4.78, 5) is 15.4. The van der Waals surface area contributed by atoms with Crippen LogP contribution >= 0.6 is 11.3 Å². The Morgan fingerprint density at radius 1 is 1.10 bits per heavy atom. The van der Waals surface area contributed by atoms with Crippen molar-refractivity contribution in [1.29, 1.82) is 0 Å². The molecule has 31 heavy (non-hydrogen) atoms. The minimum Gasteiger partial charge on any atom is -0.497 e. The number of nitrogens with zero attached hydrogens (tertiary/aromatic N) is 2. The van der Waals surface area contributed by atoms with Gasteiger partial charge in [0.15, 0.2) is 0 Å². The van der Waals surface area contributed by atoms with Crippen LogP contribution in [0.4, 0.5) is 5.69 Å². The van der Waals surface area contributed by atoms with Gasteiger partial charge in [0.1, 0.15) is 15.5 Å². The van der Waals surface area contributed by atoms with Gasteiger partial charge in [-0.25, -0.2) is 8.42 Å². The molecule has 2 aliphatic rings. The quantitative estimate of drug-likeness (QED) is 0.711. The number of rotatable bonds is 6. The summed E-state index contributed by atoms with van der Waals surface area (Å²) in [7, 11) is -2.09. The van der Waals surface area contributed by atoms with Crippen LogP contribution in [0, 0.1) is 0 Å². The average molecular weight is 464 g/mol. The number of sulfonamides is 1. The molecule has 0 bridgehead atoms. The molecule has 1 saturated heterocycles. The van der Waals surface area contributed by atoms with Crippen LogP contribution in [0.5, 0.6) is 5.75 Å². The molecule has 2 aromatic rings. The lowest BCUT2D eigenvalue weighted by Gasteiger charge is -2.35. The second-order valence-corrected chi connectivity index (χ2v) is 10.8. The van der Waals surface area contributed by atoms with Gasteiger partial charge in [0, 0.05) is 44.0 Å². The van der Waals surface area contributed by atoms with Gasteiger partial charge in [-0.1, -0.05) is 25.3 Å². The molecule has 7 nitrogen and oxygen atoms in total. The third kappa shape index (κ3) is 4.88. The fourth-order valence-corrected chi connectivity index (χ4v) is 7.02. The molecule has 1 aliphatic heterocycles. The molecule has 2 fully saturated rings. The molecule has 168 valence electrons. The molecule has 0 spiro atoms. The molecule has 1 aromatic carbocycles. The molecule has 1 aliphatic carbocycles. The molecule has 1 amide bonds. The molecule has 1 N–H and O–H groups in total. The highest BCUT2D eigenvalue weighted by Gasteiger charge is 2.33. The lowest BCUT2D eigenvalue weighted by molar-refractivity contribution is 0.0928. The van der Waals surface area contributed by atoms with Crippen molar-refractivity contribution in [3.63, 3.8) is 0 Å². The zero-order valence-electron chi connectivity index (χ0n) is 17.7. The van der Waals surface area contributed by atoms with Crippen LogP contribution in [0.25, 0.3) is 0 Å². The number of amides is 1. The van der Waals surface area contributed by atoms with Crippen molar-refractivity contribution in [2.75, 3.05) is 38.2 Å². The summed E-state index contributed by atoms with van der Waals surface area (Å²) in [6.07, 6.45) is 5.35. The van der Waals surface area contributed by atoms with E-state index >= 15 is 0 Å². The molecule has 4 rings (SSSR count). The second kappa shape index (κ2) is 9.58. The number of benzene rings is 1. The maximum atomic E-state index is 13.3. The van der Waals surface area contributed by atoms with Gasteiger partial charge >= 0.3 is 0 Å². The third-order valence-corrected chi connectivity index (χ3v) is 9.03. The zero-order chi connectivity index (χ0) is 21.8. The van der Waals surface area contributed by atoms with E-state index in [0.717, 1.165) is 37.1 Å². The van der Waals surface area contributed by atoms with Crippen LogP contribution in [-0.2, 0) is 10.0 Å². The number of ether oxygens (including phenoxy) is 1. The topological polar surface area (TPSA) is 79.0 Å². The summed E-state index contributed by atoms with van der Waals surface area (Å²) in [6.45, 7) is 1.92. The fraction of sp³-hybridized carbons (Fsp3) is 0.500. The first-order valence-corrected chi connectivity index (χ1v) is 13.1. The van der Waals surface area contributed by atoms with Gasteiger partial charge in [0.2, 0.25) is 10.0 Å². The number of carbonyl (C=O) groups excluding carboxylic acids is 1. The first kappa shape index (κ1) is 22.1. The standard InChI is InChI=1S/C22H29N3O4S2/c1-29-19-9-5-8-18(16-19)24-11-13-25(14-12-24)31(27,28)20-10-15-30-21(20)22(26)23-17-6-3-2-4-7-17/h5,8-10,15-17H,2-4,6-7,11-14H2,1H3,(H,23,26). The van der Waals surface area contributed by atoms with Crippen molar-refractivity contribution in [2.45, 2.75) is 43.0 Å². The fourth-order valence-electron chi connectivity index (χ4n) is 4.30. The highest BCUT2D eigenvalue weighted by molar-refractivity contribution is 7.89. The maximum absolute atomic E-state index is 13.3. The monoisotopic (exact) mass is 463 g/mol. The lowest BCUT2D eigenvalue weighted by atomic mass is 9.95. The van der Waals surface area contributed by atoms with Crippen molar-refractivity contribution in [2.24, 2.45) is 0 Å². The SMILES string of the molecule is COc1cccc(N2CCN(S(=O)(=O)c3ccsc3C(=O)NC3CCCCC3)CC2)c1. The van der Waals surface area contributed by atoms with E-state index in [9.17, 15) is 13.2 Å². The summed E-state index contributed by atoms with van der Waals surface area (Å²) >= 11 is 1.20. The van der Waals surface area contributed by atoms with Gasteiger partial charge in [0.05, 0.1) is 7.11 Å². The molecular formula is C22H29N3O4S2. The first-order chi connectivity index (χ1) is 15.0. The Bertz CT molecular complexity index is 1010. The molecule has 9 heteroatoms. The Balaban J connectivity index is 1.44. The van der Waals surface area contributed by atoms with E-state index in [0.29, 0.717) is 31.1 Å². The summed E-state index contributed by atoms with van der Waals surface area (Å²) < 4.78 is 33.4. The smallest absolute Gasteiger partial charge is 0.262 e. The number of nitrogens with one attached hydrogen (secondary N) is 1. The van der Waals surface area contributed by atoms with Gasteiger partial charge in [-0.05, 0) is 36.4 Å². The Morgan fingerprint density at radius 2 is 1.84 bits per heavy atom. The lowest BCUT2D eigenvalue weighted by Crippen LogP contribution is -2.49. The van der Waals surface area contributed by atoms with E-state index in [4.69, 9.17) is 4.74 Å². The molecule has 0 radical (unpaired) electrons. The predicted molar refractivity (Wildman–Crippen MR) is 123 cm³/mol. The molecule has 0 atom stereocenters. The van der Waals surface area contributed by atoms with Crippen molar-refractivity contribution in [3.05, 3.63) is 40.6 Å². The van der Waals surface area contributed by atoms with E-state index < -0.39 is 10.0 Å². The van der Waals surface area contributed by atoms with Gasteiger partial charge in [-0.2, -0.15) is 4.31 Å². The molecule has 1 aromatic heterocycles. The van der Waals surface area contributed by atoms with E-state index in [-0.39, 0.29) is 16.8 Å². The van der Waals surface area contributed by atoms with Crippen molar-refractivity contribution in [1.82, 2.24) is 9.62 Å². The van der Waals surface area contributed by atoms with Gasteiger partial charge in [0.25, 0.3) is 5.91 Å². The van der Waals surface area contributed by atoms with Crippen LogP contribution in [0.3, 0.4) is 0 Å². The summed E-state index contributed by atoms with van der Waals surface area (Å²) in [5.41, 5.74) is 1.01. The number of piperazine rings is 1. The van der Waals surface area contributed by atoms with E-state index in [1.54, 1.807) is 18.6 Å². The van der Waals surface area contributed by atoms with Gasteiger partial charge < -0.3 is 15.0 Å². The van der Waals surface area contributed by atoms with Gasteiger partial charge in [-0.15, -0.1) is 11.3 Å². The highest BCUT2D eigenvalue weighted by Crippen LogP contribution is 2.28. The number of hydrogen-bond acceptors (Lipinski definition) is 6. The van der Waals surface area contributed by atoms with Crippen LogP contribution in [-0.4, -0.2) is 58.0 Å². The highest BCUT2D eigenvalue weighted by atomic mass is 32.2. The Kier molecular flexibility index (Phi) is 6.83. The Labute approximate surface area is 188 Å². The molecule has 2 heterocycles. The largest absolute Gasteiger partial charge is 0.497 e. The van der Waals surface area contributed by atoms with Crippen LogP contribution in [0.15, 0.2) is 40.6 Å². The molecule has 1 saturated carbocycles. The Hall–Kier alpha value is -2.10. The summed E-state index contributed by atoms with van der Waals surface area (Å²) in [5.74, 6) is 0.509. The summed E-state index contributed by atoms with van der Waals surface area (Å²) in [6, 6.07) is 9.48. The minimum absolute atomic E-state index is 0.126.